The molecule has 1 atom stereocenters. The van der Waals surface area contributed by atoms with Crippen LogP contribution in [0.25, 0.3) is 11.1 Å². The zero-order valence-corrected chi connectivity index (χ0v) is 15.6. The van der Waals surface area contributed by atoms with Crippen LogP contribution >= 0.6 is 11.3 Å². The Bertz CT molecular complexity index is 815. The maximum absolute atomic E-state index is 5.51. The number of methoxy groups -OCH3 is 2. The lowest BCUT2D eigenvalue weighted by molar-refractivity contribution is 0.413. The van der Waals surface area contributed by atoms with Crippen LogP contribution in [-0.4, -0.2) is 14.2 Å². The van der Waals surface area contributed by atoms with Crippen LogP contribution < -0.4 is 14.8 Å². The van der Waals surface area contributed by atoms with Gasteiger partial charge >= 0.3 is 0 Å². The molecule has 0 radical (unpaired) electrons. The van der Waals surface area contributed by atoms with E-state index in [2.05, 4.69) is 53.3 Å². The Kier molecular flexibility index (Phi) is 5.74. The first-order chi connectivity index (χ1) is 12.2. The molecule has 3 nitrogen and oxygen atoms in total. The molecule has 3 aromatic rings. The molecule has 0 aliphatic rings. The number of thiophene rings is 1. The van der Waals surface area contributed by atoms with Gasteiger partial charge in [-0.25, -0.2) is 0 Å². The summed E-state index contributed by atoms with van der Waals surface area (Å²) in [5.74, 6) is 1.79. The minimum atomic E-state index is 0.238. The van der Waals surface area contributed by atoms with E-state index in [1.807, 2.05) is 18.2 Å². The number of ether oxygens (including phenoxy) is 2. The zero-order chi connectivity index (χ0) is 17.6. The fourth-order valence-corrected chi connectivity index (χ4v) is 3.46. The Balaban J connectivity index is 1.73. The molecule has 3 rings (SSSR count). The molecule has 1 heterocycles. The van der Waals surface area contributed by atoms with E-state index in [-0.39, 0.29) is 6.04 Å². The van der Waals surface area contributed by atoms with Crippen molar-refractivity contribution in [2.75, 3.05) is 14.2 Å². The van der Waals surface area contributed by atoms with Gasteiger partial charge in [0.1, 0.15) is 11.5 Å². The van der Waals surface area contributed by atoms with Crippen molar-refractivity contribution in [3.8, 4) is 22.6 Å². The highest BCUT2D eigenvalue weighted by Gasteiger charge is 2.10. The molecule has 0 bridgehead atoms. The van der Waals surface area contributed by atoms with E-state index in [1.54, 1.807) is 25.6 Å². The second kappa shape index (κ2) is 8.19. The number of nitrogens with one attached hydrogen (secondary N) is 1. The predicted molar refractivity (Wildman–Crippen MR) is 105 cm³/mol. The number of hydrogen-bond acceptors (Lipinski definition) is 4. The molecular formula is C21H23NO2S. The van der Waals surface area contributed by atoms with Crippen molar-refractivity contribution >= 4 is 11.3 Å². The summed E-state index contributed by atoms with van der Waals surface area (Å²) in [7, 11) is 3.41. The molecule has 1 N–H and O–H groups in total. The van der Waals surface area contributed by atoms with E-state index in [0.717, 1.165) is 23.6 Å². The van der Waals surface area contributed by atoms with Gasteiger partial charge in [-0.3, -0.25) is 0 Å². The number of rotatable bonds is 7. The Morgan fingerprint density at radius 2 is 1.92 bits per heavy atom. The molecule has 2 aromatic carbocycles. The van der Waals surface area contributed by atoms with Gasteiger partial charge in [0.05, 0.1) is 14.2 Å². The number of benzene rings is 2. The number of hydrogen-bond donors (Lipinski definition) is 1. The summed E-state index contributed by atoms with van der Waals surface area (Å²) in [4.78, 5) is 0. The first-order valence-corrected chi connectivity index (χ1v) is 9.22. The van der Waals surface area contributed by atoms with Gasteiger partial charge in [-0.05, 0) is 64.7 Å². The maximum atomic E-state index is 5.51. The van der Waals surface area contributed by atoms with Gasteiger partial charge in [-0.2, -0.15) is 11.3 Å². The predicted octanol–water partition coefficient (Wildman–Crippen LogP) is 5.28. The van der Waals surface area contributed by atoms with Crippen LogP contribution in [0.15, 0.2) is 59.3 Å². The van der Waals surface area contributed by atoms with Gasteiger partial charge in [0.15, 0.2) is 0 Å². The molecule has 25 heavy (non-hydrogen) atoms. The lowest BCUT2D eigenvalue weighted by Gasteiger charge is -2.16. The summed E-state index contributed by atoms with van der Waals surface area (Å²) >= 11 is 1.70. The SMILES string of the molecule is COc1cccc([C@@H](C)NCc2ccc(OC)c(-c3ccsc3)c2)c1. The monoisotopic (exact) mass is 353 g/mol. The van der Waals surface area contributed by atoms with Crippen LogP contribution in [0.1, 0.15) is 24.1 Å². The molecular weight excluding hydrogens is 330 g/mol. The molecule has 130 valence electrons. The fraction of sp³-hybridized carbons (Fsp3) is 0.238. The molecule has 1 aromatic heterocycles. The maximum Gasteiger partial charge on any atom is 0.126 e. The van der Waals surface area contributed by atoms with Crippen molar-refractivity contribution in [1.29, 1.82) is 0 Å². The average Bonchev–Trinajstić information content (AvgIpc) is 3.20. The normalized spacial score (nSPS) is 12.0. The summed E-state index contributed by atoms with van der Waals surface area (Å²) in [6.07, 6.45) is 0. The molecule has 0 unspecified atom stereocenters. The largest absolute Gasteiger partial charge is 0.497 e. The van der Waals surface area contributed by atoms with Crippen molar-refractivity contribution in [3.05, 3.63) is 70.4 Å². The highest BCUT2D eigenvalue weighted by Crippen LogP contribution is 2.32. The second-order valence-corrected chi connectivity index (χ2v) is 6.71. The Morgan fingerprint density at radius 1 is 1.04 bits per heavy atom. The van der Waals surface area contributed by atoms with Crippen LogP contribution in [-0.2, 0) is 6.54 Å². The Labute approximate surface area is 153 Å². The van der Waals surface area contributed by atoms with Crippen molar-refractivity contribution in [2.24, 2.45) is 0 Å². The quantitative estimate of drug-likeness (QED) is 0.626. The molecule has 0 aliphatic heterocycles. The molecule has 0 amide bonds. The van der Waals surface area contributed by atoms with Crippen LogP contribution in [0.3, 0.4) is 0 Å². The van der Waals surface area contributed by atoms with Crippen molar-refractivity contribution in [1.82, 2.24) is 5.32 Å². The standard InChI is InChI=1S/C21H23NO2S/c1-15(17-5-4-6-19(12-17)23-2)22-13-16-7-8-21(24-3)20(11-16)18-9-10-25-14-18/h4-12,14-15,22H,13H2,1-3H3/t15-/m1/s1. The van der Waals surface area contributed by atoms with Gasteiger partial charge in [0.2, 0.25) is 0 Å². The molecule has 0 aliphatic carbocycles. The summed E-state index contributed by atoms with van der Waals surface area (Å²) in [5.41, 5.74) is 4.78. The summed E-state index contributed by atoms with van der Waals surface area (Å²) in [5, 5.41) is 7.82. The first kappa shape index (κ1) is 17.5. The van der Waals surface area contributed by atoms with Crippen molar-refractivity contribution < 1.29 is 9.47 Å². The third-order valence-electron chi connectivity index (χ3n) is 4.30. The lowest BCUT2D eigenvalue weighted by Crippen LogP contribution is -2.18. The first-order valence-electron chi connectivity index (χ1n) is 8.28. The van der Waals surface area contributed by atoms with Crippen LogP contribution in [0.4, 0.5) is 0 Å². The van der Waals surface area contributed by atoms with E-state index in [1.165, 1.54) is 16.7 Å². The van der Waals surface area contributed by atoms with Gasteiger partial charge < -0.3 is 14.8 Å². The minimum Gasteiger partial charge on any atom is -0.497 e. The molecule has 4 heteroatoms. The Hall–Kier alpha value is -2.30. The van der Waals surface area contributed by atoms with Crippen molar-refractivity contribution in [2.45, 2.75) is 19.5 Å². The lowest BCUT2D eigenvalue weighted by atomic mass is 10.0. The van der Waals surface area contributed by atoms with E-state index in [9.17, 15) is 0 Å². The van der Waals surface area contributed by atoms with E-state index >= 15 is 0 Å². The molecule has 0 fully saturated rings. The smallest absolute Gasteiger partial charge is 0.126 e. The summed E-state index contributed by atoms with van der Waals surface area (Å²) in [6.45, 7) is 2.96. The molecule has 0 saturated heterocycles. The van der Waals surface area contributed by atoms with E-state index < -0.39 is 0 Å². The van der Waals surface area contributed by atoms with Crippen LogP contribution in [0.5, 0.6) is 11.5 Å². The van der Waals surface area contributed by atoms with Crippen molar-refractivity contribution in [3.63, 3.8) is 0 Å². The van der Waals surface area contributed by atoms with Gasteiger partial charge in [0.25, 0.3) is 0 Å². The zero-order valence-electron chi connectivity index (χ0n) is 14.8. The van der Waals surface area contributed by atoms with Gasteiger partial charge in [0, 0.05) is 18.2 Å². The highest BCUT2D eigenvalue weighted by atomic mass is 32.1. The highest BCUT2D eigenvalue weighted by molar-refractivity contribution is 7.08. The summed E-state index contributed by atoms with van der Waals surface area (Å²) in [6, 6.07) is 16.9. The third kappa shape index (κ3) is 4.21. The Morgan fingerprint density at radius 3 is 2.64 bits per heavy atom. The molecule has 0 spiro atoms. The van der Waals surface area contributed by atoms with Gasteiger partial charge in [-0.15, -0.1) is 0 Å². The molecule has 0 saturated carbocycles. The fourth-order valence-electron chi connectivity index (χ4n) is 2.81. The van der Waals surface area contributed by atoms with Crippen LogP contribution in [0, 0.1) is 0 Å². The topological polar surface area (TPSA) is 30.5 Å². The van der Waals surface area contributed by atoms with E-state index in [0.29, 0.717) is 0 Å². The van der Waals surface area contributed by atoms with Gasteiger partial charge in [-0.1, -0.05) is 18.2 Å². The average molecular weight is 353 g/mol. The van der Waals surface area contributed by atoms with E-state index in [4.69, 9.17) is 9.47 Å². The third-order valence-corrected chi connectivity index (χ3v) is 4.99. The summed E-state index contributed by atoms with van der Waals surface area (Å²) < 4.78 is 10.8. The minimum absolute atomic E-state index is 0.238. The second-order valence-electron chi connectivity index (χ2n) is 5.93. The van der Waals surface area contributed by atoms with Crippen LogP contribution in [0.2, 0.25) is 0 Å².